The molecule has 0 unspecified atom stereocenters. The molecule has 2 aromatic carbocycles. The summed E-state index contributed by atoms with van der Waals surface area (Å²) >= 11 is 0. The Kier molecular flexibility index (Phi) is 6.39. The summed E-state index contributed by atoms with van der Waals surface area (Å²) < 4.78 is 5.28. The maximum atomic E-state index is 12.5. The highest BCUT2D eigenvalue weighted by Gasteiger charge is 2.17. The monoisotopic (exact) mass is 354 g/mol. The van der Waals surface area contributed by atoms with Gasteiger partial charge in [0.15, 0.2) is 0 Å². The summed E-state index contributed by atoms with van der Waals surface area (Å²) in [7, 11) is 1.55. The highest BCUT2D eigenvalue weighted by atomic mass is 16.5. The van der Waals surface area contributed by atoms with Crippen LogP contribution in [0.2, 0.25) is 0 Å². The number of methoxy groups -OCH3 is 1. The maximum absolute atomic E-state index is 12.5. The lowest BCUT2D eigenvalue weighted by Gasteiger charge is -2.21. The zero-order chi connectivity index (χ0) is 19.3. The molecule has 0 radical (unpaired) electrons. The number of hydrogen-bond acceptors (Lipinski definition) is 3. The Morgan fingerprint density at radius 1 is 1.12 bits per heavy atom. The topological polar surface area (TPSA) is 58.6 Å². The Hall–Kier alpha value is -2.82. The first-order valence-electron chi connectivity index (χ1n) is 8.64. The quantitative estimate of drug-likeness (QED) is 0.849. The number of amides is 2. The minimum atomic E-state index is -0.281. The first kappa shape index (κ1) is 19.5. The lowest BCUT2D eigenvalue weighted by molar-refractivity contribution is -0.120. The third-order valence-corrected chi connectivity index (χ3v) is 4.18. The van der Waals surface area contributed by atoms with E-state index in [1.165, 1.54) is 17.4 Å². The largest absolute Gasteiger partial charge is 0.495 e. The lowest BCUT2D eigenvalue weighted by atomic mass is 10.0. The van der Waals surface area contributed by atoms with E-state index in [2.05, 4.69) is 19.2 Å². The van der Waals surface area contributed by atoms with E-state index in [4.69, 9.17) is 4.74 Å². The lowest BCUT2D eigenvalue weighted by Crippen LogP contribution is -2.36. The molecular formula is C21H26N2O3. The first-order valence-corrected chi connectivity index (χ1v) is 8.64. The number of rotatable bonds is 6. The van der Waals surface area contributed by atoms with Crippen molar-refractivity contribution in [2.75, 3.05) is 23.9 Å². The highest BCUT2D eigenvalue weighted by Crippen LogP contribution is 2.25. The summed E-state index contributed by atoms with van der Waals surface area (Å²) in [5.74, 6) is 0.525. The van der Waals surface area contributed by atoms with E-state index in [0.717, 1.165) is 5.56 Å². The minimum absolute atomic E-state index is 0.0620. The third-order valence-electron chi connectivity index (χ3n) is 4.18. The molecule has 0 aliphatic heterocycles. The Morgan fingerprint density at radius 3 is 2.31 bits per heavy atom. The van der Waals surface area contributed by atoms with Crippen LogP contribution in [0, 0.1) is 6.92 Å². The van der Waals surface area contributed by atoms with Gasteiger partial charge in [0.05, 0.1) is 12.8 Å². The predicted octanol–water partition coefficient (Wildman–Crippen LogP) is 4.12. The van der Waals surface area contributed by atoms with Gasteiger partial charge in [-0.05, 0) is 48.2 Å². The predicted molar refractivity (Wildman–Crippen MR) is 105 cm³/mol. The van der Waals surface area contributed by atoms with Crippen LogP contribution in [0.15, 0.2) is 42.5 Å². The number of nitrogens with zero attached hydrogens (tertiary/aromatic N) is 1. The van der Waals surface area contributed by atoms with Gasteiger partial charge >= 0.3 is 0 Å². The number of ether oxygens (including phenoxy) is 1. The van der Waals surface area contributed by atoms with E-state index in [1.54, 1.807) is 13.2 Å². The van der Waals surface area contributed by atoms with Crippen LogP contribution in [-0.2, 0) is 9.59 Å². The first-order chi connectivity index (χ1) is 12.3. The molecule has 0 heterocycles. The summed E-state index contributed by atoms with van der Waals surface area (Å²) in [5.41, 5.74) is 3.49. The smallest absolute Gasteiger partial charge is 0.244 e. The van der Waals surface area contributed by atoms with Crippen molar-refractivity contribution in [3.63, 3.8) is 0 Å². The van der Waals surface area contributed by atoms with Gasteiger partial charge < -0.3 is 15.0 Å². The molecule has 5 nitrogen and oxygen atoms in total. The van der Waals surface area contributed by atoms with Crippen LogP contribution < -0.4 is 15.0 Å². The average molecular weight is 354 g/mol. The zero-order valence-electron chi connectivity index (χ0n) is 16.0. The van der Waals surface area contributed by atoms with Crippen molar-refractivity contribution in [1.29, 1.82) is 0 Å². The number of carbonyl (C=O) groups is 2. The van der Waals surface area contributed by atoms with Gasteiger partial charge in [0.2, 0.25) is 11.8 Å². The van der Waals surface area contributed by atoms with Gasteiger partial charge in [-0.15, -0.1) is 0 Å². The molecule has 0 saturated heterocycles. The summed E-state index contributed by atoms with van der Waals surface area (Å²) in [4.78, 5) is 26.0. The highest BCUT2D eigenvalue weighted by molar-refractivity contribution is 6.02. The van der Waals surface area contributed by atoms with Crippen molar-refractivity contribution in [2.24, 2.45) is 0 Å². The second-order valence-corrected chi connectivity index (χ2v) is 6.60. The second kappa shape index (κ2) is 8.52. The van der Waals surface area contributed by atoms with Crippen molar-refractivity contribution < 1.29 is 14.3 Å². The maximum Gasteiger partial charge on any atom is 0.244 e. The normalized spacial score (nSPS) is 10.5. The van der Waals surface area contributed by atoms with E-state index in [9.17, 15) is 9.59 Å². The third kappa shape index (κ3) is 4.85. The van der Waals surface area contributed by atoms with Gasteiger partial charge in [-0.3, -0.25) is 9.59 Å². The Labute approximate surface area is 155 Å². The molecule has 0 atom stereocenters. The summed E-state index contributed by atoms with van der Waals surface area (Å²) in [5, 5.41) is 2.83. The van der Waals surface area contributed by atoms with Gasteiger partial charge in [0.1, 0.15) is 12.3 Å². The van der Waals surface area contributed by atoms with Crippen molar-refractivity contribution in [1.82, 2.24) is 0 Å². The number of carbonyl (C=O) groups excluding carboxylic acids is 2. The molecule has 2 rings (SSSR count). The minimum Gasteiger partial charge on any atom is -0.495 e. The van der Waals surface area contributed by atoms with Crippen LogP contribution in [0.3, 0.4) is 0 Å². The zero-order valence-corrected chi connectivity index (χ0v) is 16.0. The van der Waals surface area contributed by atoms with E-state index in [0.29, 0.717) is 23.0 Å². The standard InChI is InChI=1S/C21H26N2O3/c1-14(2)17-7-9-18(10-8-17)23(16(4)24)13-21(25)22-19-12-15(3)6-11-20(19)26-5/h6-12,14H,13H2,1-5H3,(H,22,25). The van der Waals surface area contributed by atoms with Crippen LogP contribution in [0.1, 0.15) is 37.8 Å². The molecule has 0 fully saturated rings. The fraction of sp³-hybridized carbons (Fsp3) is 0.333. The van der Waals surface area contributed by atoms with E-state index in [-0.39, 0.29) is 18.4 Å². The fourth-order valence-electron chi connectivity index (χ4n) is 2.68. The number of nitrogens with one attached hydrogen (secondary N) is 1. The van der Waals surface area contributed by atoms with Crippen molar-refractivity contribution in [2.45, 2.75) is 33.6 Å². The van der Waals surface area contributed by atoms with Crippen molar-refractivity contribution >= 4 is 23.2 Å². The molecule has 138 valence electrons. The number of hydrogen-bond donors (Lipinski definition) is 1. The Bertz CT molecular complexity index is 782. The molecule has 2 aromatic rings. The van der Waals surface area contributed by atoms with Crippen LogP contribution >= 0.6 is 0 Å². The van der Waals surface area contributed by atoms with Crippen LogP contribution in [-0.4, -0.2) is 25.5 Å². The van der Waals surface area contributed by atoms with Gasteiger partial charge in [-0.1, -0.05) is 32.0 Å². The summed E-state index contributed by atoms with van der Waals surface area (Å²) in [6, 6.07) is 13.3. The van der Waals surface area contributed by atoms with Crippen molar-refractivity contribution in [3.8, 4) is 5.75 Å². The van der Waals surface area contributed by atoms with Crippen LogP contribution in [0.5, 0.6) is 5.75 Å². The number of anilines is 2. The van der Waals surface area contributed by atoms with Crippen LogP contribution in [0.25, 0.3) is 0 Å². The second-order valence-electron chi connectivity index (χ2n) is 6.60. The summed E-state index contributed by atoms with van der Waals surface area (Å²) in [6.07, 6.45) is 0. The van der Waals surface area contributed by atoms with Gasteiger partial charge in [0.25, 0.3) is 0 Å². The molecule has 0 spiro atoms. The molecule has 5 heteroatoms. The molecule has 0 saturated carbocycles. The Morgan fingerprint density at radius 2 is 1.77 bits per heavy atom. The number of aryl methyl sites for hydroxylation is 1. The van der Waals surface area contributed by atoms with Gasteiger partial charge in [0, 0.05) is 12.6 Å². The summed E-state index contributed by atoms with van der Waals surface area (Å²) in [6.45, 7) is 7.55. The molecular weight excluding hydrogens is 328 g/mol. The molecule has 0 aromatic heterocycles. The number of benzene rings is 2. The van der Waals surface area contributed by atoms with Crippen LogP contribution in [0.4, 0.5) is 11.4 Å². The molecule has 0 bridgehead atoms. The van der Waals surface area contributed by atoms with E-state index >= 15 is 0 Å². The fourth-order valence-corrected chi connectivity index (χ4v) is 2.68. The molecule has 0 aliphatic carbocycles. The van der Waals surface area contributed by atoms with Gasteiger partial charge in [-0.2, -0.15) is 0 Å². The van der Waals surface area contributed by atoms with E-state index < -0.39 is 0 Å². The molecule has 26 heavy (non-hydrogen) atoms. The Balaban J connectivity index is 2.16. The molecule has 1 N–H and O–H groups in total. The van der Waals surface area contributed by atoms with Gasteiger partial charge in [-0.25, -0.2) is 0 Å². The SMILES string of the molecule is COc1ccc(C)cc1NC(=O)CN(C(C)=O)c1ccc(C(C)C)cc1. The molecule has 0 aliphatic rings. The average Bonchev–Trinajstić information content (AvgIpc) is 2.59. The molecule has 2 amide bonds. The van der Waals surface area contributed by atoms with Crippen molar-refractivity contribution in [3.05, 3.63) is 53.6 Å². The van der Waals surface area contributed by atoms with E-state index in [1.807, 2.05) is 43.3 Å².